The number of pyridine rings is 1. The number of cyclic esters (lactones) is 1. The van der Waals surface area contributed by atoms with Crippen LogP contribution in [0.4, 0.5) is 4.79 Å². The Morgan fingerprint density at radius 3 is 2.28 bits per heavy atom. The zero-order valence-electron chi connectivity index (χ0n) is 48.7. The monoisotopic (exact) mass is 1120 g/mol. The lowest BCUT2D eigenvalue weighted by atomic mass is 9.73. The highest BCUT2D eigenvalue weighted by Gasteiger charge is 2.54. The van der Waals surface area contributed by atoms with Gasteiger partial charge in [-0.2, -0.15) is 0 Å². The number of likely N-dealkylation sites (N-methyl/N-ethyl adjacent to an activating group) is 1. The predicted octanol–water partition coefficient (Wildman–Crippen LogP) is 4.95. The fourth-order valence-corrected chi connectivity index (χ4v) is 12.7. The van der Waals surface area contributed by atoms with Crippen LogP contribution in [0.15, 0.2) is 28.3 Å². The third kappa shape index (κ3) is 14.1. The zero-order chi connectivity index (χ0) is 58.6. The van der Waals surface area contributed by atoms with Crippen LogP contribution in [0.1, 0.15) is 142 Å². The van der Waals surface area contributed by atoms with Crippen LogP contribution in [0, 0.1) is 23.7 Å². The van der Waals surface area contributed by atoms with Gasteiger partial charge in [-0.1, -0.05) is 38.9 Å². The van der Waals surface area contributed by atoms with Crippen molar-refractivity contribution in [1.29, 1.82) is 0 Å². The maximum absolute atomic E-state index is 14.5. The maximum Gasteiger partial charge on any atom is 0.407 e. The first kappa shape index (κ1) is 63.8. The fraction of sp³-hybridized carbons (Fsp3) is 0.772. The van der Waals surface area contributed by atoms with E-state index in [1.165, 1.54) is 27.2 Å². The molecule has 2 unspecified atom stereocenters. The topological polar surface area (TPSA) is 296 Å². The van der Waals surface area contributed by atoms with Gasteiger partial charge in [-0.15, -0.1) is 0 Å². The Morgan fingerprint density at radius 1 is 0.949 bits per heavy atom. The Morgan fingerprint density at radius 2 is 1.65 bits per heavy atom. The fourth-order valence-electron chi connectivity index (χ4n) is 12.7. The second-order valence-electron chi connectivity index (χ2n) is 23.7. The van der Waals surface area contributed by atoms with Gasteiger partial charge in [0.25, 0.3) is 0 Å². The Balaban J connectivity index is 1.16. The SMILES string of the molecule is CC[C@H]1OC(=O)[C@H](C)[C@@H](O[C@H]2C[C@@](C)(OC)[C@@H](OC(=O)NCCOCCCc3cc4c5c(c3)c(=O)c(C(=O)O)cn5C(C)CC4)[C@H](C)O2)[C@H](C)[C@@H](OC2O[C@H](C)C[C@H](N(C)C)[C@H]2O)[C@](C)(O)C[C@@H](C)/C(=N\O)[C@H](C)[C@@H](O)[C@]1(C)O. The molecule has 446 valence electrons. The number of methoxy groups -OCH3 is 1. The van der Waals surface area contributed by atoms with Crippen LogP contribution in [-0.2, 0) is 55.5 Å². The highest BCUT2D eigenvalue weighted by atomic mass is 16.7. The van der Waals surface area contributed by atoms with E-state index in [9.17, 15) is 49.9 Å². The van der Waals surface area contributed by atoms with Crippen LogP contribution in [0.25, 0.3) is 10.9 Å². The number of alkyl carbamates (subject to hydrolysis) is 1. The second kappa shape index (κ2) is 26.3. The Hall–Kier alpha value is -4.33. The van der Waals surface area contributed by atoms with Gasteiger partial charge < -0.3 is 83.4 Å². The summed E-state index contributed by atoms with van der Waals surface area (Å²) in [5, 5.41) is 74.9. The lowest BCUT2D eigenvalue weighted by molar-refractivity contribution is -0.317. The van der Waals surface area contributed by atoms with E-state index < -0.39 is 119 Å². The van der Waals surface area contributed by atoms with Gasteiger partial charge in [0.1, 0.15) is 29.0 Å². The molecule has 19 atom stereocenters. The van der Waals surface area contributed by atoms with Crippen molar-refractivity contribution in [2.75, 3.05) is 41.0 Å². The molecule has 22 nitrogen and oxygen atoms in total. The number of aromatic carboxylic acids is 1. The number of oxime groups is 1. The van der Waals surface area contributed by atoms with Gasteiger partial charge in [-0.25, -0.2) is 9.59 Å². The first-order valence-electron chi connectivity index (χ1n) is 28.0. The molecule has 4 aliphatic heterocycles. The molecular formula is C57H90N4O18. The van der Waals surface area contributed by atoms with Crippen molar-refractivity contribution < 1.29 is 83.0 Å². The van der Waals surface area contributed by atoms with Gasteiger partial charge in [0.05, 0.1) is 59.9 Å². The quantitative estimate of drug-likeness (QED) is 0.0506. The van der Waals surface area contributed by atoms with Crippen molar-refractivity contribution in [2.24, 2.45) is 28.8 Å². The van der Waals surface area contributed by atoms with E-state index in [2.05, 4.69) is 16.5 Å². The van der Waals surface area contributed by atoms with Gasteiger partial charge >= 0.3 is 18.0 Å². The first-order chi connectivity index (χ1) is 37.0. The molecule has 79 heavy (non-hydrogen) atoms. The van der Waals surface area contributed by atoms with Gasteiger partial charge in [0.15, 0.2) is 18.7 Å². The third-order valence-electron chi connectivity index (χ3n) is 17.2. The molecule has 0 saturated carbocycles. The average molecular weight is 1120 g/mol. The van der Waals surface area contributed by atoms with E-state index in [-0.39, 0.29) is 61.9 Å². The van der Waals surface area contributed by atoms with Crippen LogP contribution < -0.4 is 10.7 Å². The summed E-state index contributed by atoms with van der Waals surface area (Å²) in [7, 11) is 5.14. The number of carbonyl (C=O) groups excluding carboxylic acids is 2. The van der Waals surface area contributed by atoms with E-state index in [1.807, 2.05) is 37.4 Å². The summed E-state index contributed by atoms with van der Waals surface area (Å²) in [6.45, 7) is 19.1. The number of aryl methyl sites for hydroxylation is 2. The molecule has 0 bridgehead atoms. The Labute approximate surface area is 464 Å². The number of ether oxygens (including phenoxy) is 8. The van der Waals surface area contributed by atoms with Crippen LogP contribution in [0.3, 0.4) is 0 Å². The lowest BCUT2D eigenvalue weighted by Crippen LogP contribution is -2.61. The number of nitrogens with zero attached hydrogens (tertiary/aromatic N) is 3. The predicted molar refractivity (Wildman–Crippen MR) is 290 cm³/mol. The number of hydrogen-bond acceptors (Lipinski definition) is 19. The molecule has 5 heterocycles. The minimum Gasteiger partial charge on any atom is -0.477 e. The number of carbonyl (C=O) groups is 3. The van der Waals surface area contributed by atoms with Crippen molar-refractivity contribution in [3.8, 4) is 0 Å². The van der Waals surface area contributed by atoms with Crippen molar-refractivity contribution in [3.63, 3.8) is 0 Å². The molecule has 0 aliphatic carbocycles. The standard InChI is InChI=1S/C57H90N4O18/c1-15-41-57(11,70)48(64)32(5)43(59-71)29(2)26-55(9,69)49(78-53-46(63)40(60(12)13)23-31(4)74-53)33(6)47(34(7)52(67)76-41)77-42-27-56(10,72-14)50(35(8)75-42)79-54(68)58-20-22-73-21-16-17-36-24-37-19-18-30(3)61-28-39(51(65)66)45(62)38(25-36)44(37)61/h24-25,28-35,40-42,46-50,53,63-64,69-71H,15-23,26-27H2,1-14H3,(H,58,68)(H,65,66)/b59-43+/t29-,30?,31-,32+,33+,34-,35+,40+,41-,42+,46-,47+,48-,49-,50+,53?,55-,56-,57-/m1/s1. The molecule has 2 aromatic rings. The molecule has 0 spiro atoms. The summed E-state index contributed by atoms with van der Waals surface area (Å²) < 4.78 is 52.1. The summed E-state index contributed by atoms with van der Waals surface area (Å²) in [5.41, 5.74) is -3.07. The van der Waals surface area contributed by atoms with Crippen LogP contribution in [0.5, 0.6) is 0 Å². The number of benzene rings is 1. The number of hydrogen-bond donors (Lipinski definition) is 7. The number of amides is 1. The molecule has 1 aromatic heterocycles. The number of aliphatic hydroxyl groups excluding tert-OH is 2. The summed E-state index contributed by atoms with van der Waals surface area (Å²) in [5.74, 6) is -5.86. The molecule has 22 heteroatoms. The lowest BCUT2D eigenvalue weighted by Gasteiger charge is -2.49. The van der Waals surface area contributed by atoms with Crippen LogP contribution >= 0.6 is 0 Å². The van der Waals surface area contributed by atoms with Crippen LogP contribution in [0.2, 0.25) is 0 Å². The van der Waals surface area contributed by atoms with Crippen LogP contribution in [-0.4, -0.2) is 189 Å². The number of aromatic nitrogens is 1. The smallest absolute Gasteiger partial charge is 0.407 e. The minimum atomic E-state index is -2.04. The summed E-state index contributed by atoms with van der Waals surface area (Å²) >= 11 is 0. The van der Waals surface area contributed by atoms with Crippen molar-refractivity contribution in [2.45, 2.75) is 218 Å². The van der Waals surface area contributed by atoms with Gasteiger partial charge in [0.2, 0.25) is 5.43 Å². The molecule has 4 aliphatic rings. The first-order valence-corrected chi connectivity index (χ1v) is 28.0. The number of rotatable bonds is 16. The summed E-state index contributed by atoms with van der Waals surface area (Å²) in [4.78, 5) is 54.9. The van der Waals surface area contributed by atoms with Crippen molar-refractivity contribution in [1.82, 2.24) is 14.8 Å². The normalized spacial score (nSPS) is 38.3. The highest BCUT2D eigenvalue weighted by Crippen LogP contribution is 2.42. The molecule has 0 radical (unpaired) electrons. The largest absolute Gasteiger partial charge is 0.477 e. The number of nitrogens with one attached hydrogen (secondary N) is 1. The Kier molecular flexibility index (Phi) is 21.2. The zero-order valence-corrected chi connectivity index (χ0v) is 48.7. The van der Waals surface area contributed by atoms with Crippen molar-refractivity contribution in [3.05, 3.63) is 45.2 Å². The molecule has 3 saturated heterocycles. The average Bonchev–Trinajstić information content (AvgIpc) is 3.47. The van der Waals surface area contributed by atoms with Crippen molar-refractivity contribution >= 4 is 34.6 Å². The molecule has 3 fully saturated rings. The molecule has 1 aromatic carbocycles. The minimum absolute atomic E-state index is 0.0211. The van der Waals surface area contributed by atoms with E-state index in [0.29, 0.717) is 31.3 Å². The Bertz CT molecular complexity index is 2520. The highest BCUT2D eigenvalue weighted by molar-refractivity contribution is 5.94. The van der Waals surface area contributed by atoms with E-state index in [0.717, 1.165) is 29.5 Å². The van der Waals surface area contributed by atoms with E-state index in [4.69, 9.17) is 37.9 Å². The maximum atomic E-state index is 14.5. The number of aliphatic hydroxyl groups is 4. The van der Waals surface area contributed by atoms with E-state index >= 15 is 0 Å². The third-order valence-corrected chi connectivity index (χ3v) is 17.2. The summed E-state index contributed by atoms with van der Waals surface area (Å²) in [6.07, 6.45) is -7.07. The van der Waals surface area contributed by atoms with Gasteiger partial charge in [-0.05, 0) is 125 Å². The number of esters is 1. The van der Waals surface area contributed by atoms with E-state index in [1.54, 1.807) is 54.5 Å². The second-order valence-corrected chi connectivity index (χ2v) is 23.7. The molecular weight excluding hydrogens is 1030 g/mol. The van der Waals surface area contributed by atoms with Gasteiger partial charge in [-0.3, -0.25) is 9.59 Å². The molecule has 1 amide bonds. The molecule has 7 N–H and O–H groups in total. The summed E-state index contributed by atoms with van der Waals surface area (Å²) in [6, 6.07) is 3.54. The van der Waals surface area contributed by atoms with Gasteiger partial charge in [0, 0.05) is 68.1 Å². The number of carboxylic acid groups (broad SMARTS) is 1. The number of carboxylic acids is 1. The molecule has 6 rings (SSSR count).